The summed E-state index contributed by atoms with van der Waals surface area (Å²) in [6.07, 6.45) is 8.75. The van der Waals surface area contributed by atoms with Crippen molar-refractivity contribution in [2.45, 2.75) is 70.8 Å². The average molecular weight is 255 g/mol. The molecule has 1 saturated carbocycles. The molecule has 1 fully saturated rings. The van der Waals surface area contributed by atoms with Gasteiger partial charge in [-0.1, -0.05) is 39.0 Å². The van der Waals surface area contributed by atoms with E-state index in [1.807, 2.05) is 6.92 Å². The average Bonchev–Trinajstić information content (AvgIpc) is 2.20. The fourth-order valence-electron chi connectivity index (χ4n) is 2.57. The van der Waals surface area contributed by atoms with Crippen LogP contribution in [-0.2, 0) is 9.59 Å². The van der Waals surface area contributed by atoms with Crippen molar-refractivity contribution in [2.24, 2.45) is 5.92 Å². The lowest BCUT2D eigenvalue weighted by Gasteiger charge is -2.21. The molecule has 1 amide bonds. The number of amides is 1. The Morgan fingerprint density at radius 2 is 1.67 bits per heavy atom. The van der Waals surface area contributed by atoms with E-state index >= 15 is 0 Å². The zero-order valence-electron chi connectivity index (χ0n) is 11.3. The molecule has 1 aliphatic rings. The zero-order valence-corrected chi connectivity index (χ0v) is 11.3. The van der Waals surface area contributed by atoms with Gasteiger partial charge < -0.3 is 10.4 Å². The number of nitrogens with one attached hydrogen (secondary N) is 1. The van der Waals surface area contributed by atoms with Gasteiger partial charge in [-0.15, -0.1) is 0 Å². The minimum absolute atomic E-state index is 0.00863. The van der Waals surface area contributed by atoms with E-state index in [2.05, 4.69) is 5.32 Å². The lowest BCUT2D eigenvalue weighted by Crippen LogP contribution is -2.36. The SMILES string of the molecule is CC(CC(=O)O)CC(=O)NC1CCCCCCC1. The smallest absolute Gasteiger partial charge is 0.303 e. The highest BCUT2D eigenvalue weighted by Crippen LogP contribution is 2.17. The van der Waals surface area contributed by atoms with E-state index in [0.29, 0.717) is 12.5 Å². The van der Waals surface area contributed by atoms with Gasteiger partial charge in [0.2, 0.25) is 5.91 Å². The Balaban J connectivity index is 2.26. The van der Waals surface area contributed by atoms with Gasteiger partial charge in [-0.2, -0.15) is 0 Å². The minimum atomic E-state index is -0.832. The molecule has 0 aromatic carbocycles. The monoisotopic (exact) mass is 255 g/mol. The van der Waals surface area contributed by atoms with Crippen molar-refractivity contribution in [3.63, 3.8) is 0 Å². The summed E-state index contributed by atoms with van der Waals surface area (Å²) < 4.78 is 0. The second kappa shape index (κ2) is 8.11. The first-order chi connectivity index (χ1) is 8.58. The van der Waals surface area contributed by atoms with Crippen molar-refractivity contribution >= 4 is 11.9 Å². The Morgan fingerprint density at radius 3 is 2.22 bits per heavy atom. The quantitative estimate of drug-likeness (QED) is 0.793. The Labute approximate surface area is 109 Å². The van der Waals surface area contributed by atoms with Gasteiger partial charge in [0.25, 0.3) is 0 Å². The summed E-state index contributed by atoms with van der Waals surface area (Å²) in [5.74, 6) is -0.911. The molecular formula is C14H25NO3. The standard InChI is InChI=1S/C14H25NO3/c1-11(10-14(17)18)9-13(16)15-12-7-5-3-2-4-6-8-12/h11-12H,2-10H2,1H3,(H,15,16)(H,17,18). The molecule has 0 heterocycles. The highest BCUT2D eigenvalue weighted by molar-refractivity contribution is 5.77. The molecule has 0 bridgehead atoms. The summed E-state index contributed by atoms with van der Waals surface area (Å²) in [4.78, 5) is 22.3. The molecule has 0 aromatic rings. The number of carbonyl (C=O) groups excluding carboxylic acids is 1. The first-order valence-corrected chi connectivity index (χ1v) is 7.09. The van der Waals surface area contributed by atoms with Gasteiger partial charge in [-0.05, 0) is 18.8 Å². The molecule has 0 aromatic heterocycles. The lowest BCUT2D eigenvalue weighted by molar-refractivity contribution is -0.138. The minimum Gasteiger partial charge on any atom is -0.481 e. The van der Waals surface area contributed by atoms with Crippen molar-refractivity contribution in [1.82, 2.24) is 5.32 Å². The molecular weight excluding hydrogens is 230 g/mol. The van der Waals surface area contributed by atoms with Gasteiger partial charge in [0.1, 0.15) is 0 Å². The number of carboxylic acids is 1. The normalized spacial score (nSPS) is 19.6. The summed E-state index contributed by atoms with van der Waals surface area (Å²) in [6, 6.07) is 0.301. The highest BCUT2D eigenvalue weighted by atomic mass is 16.4. The van der Waals surface area contributed by atoms with Crippen LogP contribution in [0, 0.1) is 5.92 Å². The number of hydrogen-bond donors (Lipinski definition) is 2. The second-order valence-corrected chi connectivity index (χ2v) is 5.52. The molecule has 0 spiro atoms. The van der Waals surface area contributed by atoms with Crippen LogP contribution in [0.3, 0.4) is 0 Å². The predicted molar refractivity (Wildman–Crippen MR) is 70.3 cm³/mol. The van der Waals surface area contributed by atoms with Crippen LogP contribution in [0.2, 0.25) is 0 Å². The van der Waals surface area contributed by atoms with E-state index in [9.17, 15) is 9.59 Å². The van der Waals surface area contributed by atoms with Gasteiger partial charge in [0.05, 0.1) is 0 Å². The van der Waals surface area contributed by atoms with Crippen LogP contribution in [0.1, 0.15) is 64.7 Å². The van der Waals surface area contributed by atoms with Crippen LogP contribution in [0.25, 0.3) is 0 Å². The van der Waals surface area contributed by atoms with Crippen molar-refractivity contribution in [3.8, 4) is 0 Å². The van der Waals surface area contributed by atoms with Gasteiger partial charge >= 0.3 is 5.97 Å². The van der Waals surface area contributed by atoms with Crippen LogP contribution in [0.15, 0.2) is 0 Å². The number of carboxylic acid groups (broad SMARTS) is 1. The van der Waals surface area contributed by atoms with Gasteiger partial charge in [0, 0.05) is 18.9 Å². The third-order valence-corrected chi connectivity index (χ3v) is 3.53. The van der Waals surface area contributed by atoms with Crippen LogP contribution < -0.4 is 5.32 Å². The van der Waals surface area contributed by atoms with Crippen molar-refractivity contribution in [2.75, 3.05) is 0 Å². The Hall–Kier alpha value is -1.06. The van der Waals surface area contributed by atoms with E-state index in [1.54, 1.807) is 0 Å². The summed E-state index contributed by atoms with van der Waals surface area (Å²) in [5, 5.41) is 11.7. The summed E-state index contributed by atoms with van der Waals surface area (Å²) in [7, 11) is 0. The van der Waals surface area contributed by atoms with Crippen molar-refractivity contribution in [3.05, 3.63) is 0 Å². The lowest BCUT2D eigenvalue weighted by atomic mass is 9.96. The molecule has 0 aliphatic heterocycles. The molecule has 1 unspecified atom stereocenters. The largest absolute Gasteiger partial charge is 0.481 e. The van der Waals surface area contributed by atoms with Gasteiger partial charge in [-0.25, -0.2) is 0 Å². The predicted octanol–water partition coefficient (Wildman–Crippen LogP) is 2.72. The van der Waals surface area contributed by atoms with Crippen molar-refractivity contribution in [1.29, 1.82) is 0 Å². The molecule has 1 rings (SSSR count). The fourth-order valence-corrected chi connectivity index (χ4v) is 2.57. The zero-order chi connectivity index (χ0) is 13.4. The topological polar surface area (TPSA) is 66.4 Å². The number of carbonyl (C=O) groups is 2. The number of aliphatic carboxylic acids is 1. The maximum atomic E-state index is 11.8. The molecule has 4 heteroatoms. The maximum Gasteiger partial charge on any atom is 0.303 e. The van der Waals surface area contributed by atoms with E-state index < -0.39 is 5.97 Å². The van der Waals surface area contributed by atoms with Gasteiger partial charge in [0.15, 0.2) is 0 Å². The van der Waals surface area contributed by atoms with Gasteiger partial charge in [-0.3, -0.25) is 9.59 Å². The molecule has 2 N–H and O–H groups in total. The molecule has 1 atom stereocenters. The Morgan fingerprint density at radius 1 is 1.11 bits per heavy atom. The van der Waals surface area contributed by atoms with E-state index in [-0.39, 0.29) is 18.2 Å². The number of rotatable bonds is 5. The fraction of sp³-hybridized carbons (Fsp3) is 0.857. The maximum absolute atomic E-state index is 11.8. The first-order valence-electron chi connectivity index (χ1n) is 7.09. The Bertz CT molecular complexity index is 270. The summed E-state index contributed by atoms with van der Waals surface area (Å²) >= 11 is 0. The van der Waals surface area contributed by atoms with E-state index in [4.69, 9.17) is 5.11 Å². The van der Waals surface area contributed by atoms with Crippen LogP contribution in [-0.4, -0.2) is 23.0 Å². The van der Waals surface area contributed by atoms with E-state index in [0.717, 1.165) is 12.8 Å². The first kappa shape index (κ1) is 15.0. The molecule has 0 saturated heterocycles. The third-order valence-electron chi connectivity index (χ3n) is 3.53. The molecule has 104 valence electrons. The van der Waals surface area contributed by atoms with Crippen LogP contribution in [0.5, 0.6) is 0 Å². The van der Waals surface area contributed by atoms with Crippen LogP contribution in [0.4, 0.5) is 0 Å². The second-order valence-electron chi connectivity index (χ2n) is 5.52. The highest BCUT2D eigenvalue weighted by Gasteiger charge is 2.17. The van der Waals surface area contributed by atoms with Crippen molar-refractivity contribution < 1.29 is 14.7 Å². The van der Waals surface area contributed by atoms with E-state index in [1.165, 1.54) is 32.1 Å². The number of hydrogen-bond acceptors (Lipinski definition) is 2. The molecule has 1 aliphatic carbocycles. The Kier molecular flexibility index (Phi) is 6.76. The molecule has 18 heavy (non-hydrogen) atoms. The molecule has 0 radical (unpaired) electrons. The summed E-state index contributed by atoms with van der Waals surface area (Å²) in [6.45, 7) is 1.81. The third kappa shape index (κ3) is 6.62. The molecule has 4 nitrogen and oxygen atoms in total. The van der Waals surface area contributed by atoms with Crippen LogP contribution >= 0.6 is 0 Å². The summed E-state index contributed by atoms with van der Waals surface area (Å²) in [5.41, 5.74) is 0.